The molecule has 1 saturated carbocycles. The maximum Gasteiger partial charge on any atom is 0.408 e. The highest BCUT2D eigenvalue weighted by molar-refractivity contribution is 6.34. The summed E-state index contributed by atoms with van der Waals surface area (Å²) in [4.78, 5) is 40.9. The molecule has 0 bridgehead atoms. The molecule has 3 amide bonds. The van der Waals surface area contributed by atoms with Crippen LogP contribution in [0.3, 0.4) is 0 Å². The summed E-state index contributed by atoms with van der Waals surface area (Å²) in [5, 5.41) is 5.91. The van der Waals surface area contributed by atoms with E-state index < -0.39 is 17.7 Å². The van der Waals surface area contributed by atoms with Crippen molar-refractivity contribution in [2.75, 3.05) is 11.9 Å². The molecule has 1 aliphatic carbocycles. The standard InChI is InChI=1S/C27H34ClN3O4/c1-16-12-17(2)14-19(13-16)24(25(33)30-23-18(3)8-7-9-21(23)28)31(20-10-11-20)22(32)15-29-26(34)35-27(4,5)6/h7-9,12-14,20,24H,10-11,15H2,1-6H3,(H,29,34)(H,30,33). The highest BCUT2D eigenvalue weighted by Gasteiger charge is 2.41. The average molecular weight is 500 g/mol. The Labute approximate surface area is 212 Å². The molecular formula is C27H34ClN3O4. The summed E-state index contributed by atoms with van der Waals surface area (Å²) in [6.45, 7) is 10.8. The molecule has 3 rings (SSSR count). The number of amides is 3. The van der Waals surface area contributed by atoms with E-state index in [-0.39, 0.29) is 24.4 Å². The predicted molar refractivity (Wildman–Crippen MR) is 138 cm³/mol. The summed E-state index contributed by atoms with van der Waals surface area (Å²) < 4.78 is 5.26. The molecule has 7 nitrogen and oxygen atoms in total. The van der Waals surface area contributed by atoms with Gasteiger partial charge in [-0.05, 0) is 71.6 Å². The van der Waals surface area contributed by atoms with Crippen LogP contribution in [0, 0.1) is 20.8 Å². The second kappa shape index (κ2) is 10.7. The van der Waals surface area contributed by atoms with Crippen molar-refractivity contribution in [2.45, 2.75) is 72.1 Å². The minimum Gasteiger partial charge on any atom is -0.444 e. The van der Waals surface area contributed by atoms with Crippen LogP contribution < -0.4 is 10.6 Å². The van der Waals surface area contributed by atoms with Crippen LogP contribution in [0.1, 0.15) is 61.9 Å². The Bertz CT molecular complexity index is 1080. The summed E-state index contributed by atoms with van der Waals surface area (Å²) in [5.74, 6) is -0.711. The molecule has 0 spiro atoms. The number of aryl methyl sites for hydroxylation is 3. The van der Waals surface area contributed by atoms with Crippen molar-refractivity contribution in [3.05, 3.63) is 63.7 Å². The lowest BCUT2D eigenvalue weighted by Gasteiger charge is -2.32. The Morgan fingerprint density at radius 1 is 1.09 bits per heavy atom. The molecule has 8 heteroatoms. The summed E-state index contributed by atoms with van der Waals surface area (Å²) >= 11 is 6.37. The number of nitrogens with one attached hydrogen (secondary N) is 2. The second-order valence-corrected chi connectivity index (χ2v) is 10.5. The van der Waals surface area contributed by atoms with E-state index in [1.54, 1.807) is 31.7 Å². The van der Waals surface area contributed by atoms with Crippen molar-refractivity contribution in [1.82, 2.24) is 10.2 Å². The average Bonchev–Trinajstić information content (AvgIpc) is 3.55. The molecule has 0 aromatic heterocycles. The van der Waals surface area contributed by atoms with Gasteiger partial charge in [0, 0.05) is 6.04 Å². The Balaban J connectivity index is 1.93. The number of hydrogen-bond acceptors (Lipinski definition) is 4. The lowest BCUT2D eigenvalue weighted by atomic mass is 9.98. The zero-order valence-corrected chi connectivity index (χ0v) is 22.0. The fraction of sp³-hybridized carbons (Fsp3) is 0.444. The number of halogens is 1. The van der Waals surface area contributed by atoms with Crippen LogP contribution >= 0.6 is 11.6 Å². The lowest BCUT2D eigenvalue weighted by molar-refractivity contribution is -0.139. The highest BCUT2D eigenvalue weighted by atomic mass is 35.5. The number of carbonyl (C=O) groups is 3. The molecule has 2 N–H and O–H groups in total. The van der Waals surface area contributed by atoms with Crippen LogP contribution in [-0.2, 0) is 14.3 Å². The van der Waals surface area contributed by atoms with E-state index >= 15 is 0 Å². The van der Waals surface area contributed by atoms with Gasteiger partial charge in [0.05, 0.1) is 10.7 Å². The molecule has 0 radical (unpaired) electrons. The van der Waals surface area contributed by atoms with Crippen molar-refractivity contribution >= 4 is 35.2 Å². The quantitative estimate of drug-likeness (QED) is 0.529. The molecule has 0 heterocycles. The van der Waals surface area contributed by atoms with E-state index in [0.717, 1.165) is 29.5 Å². The maximum atomic E-state index is 13.8. The molecule has 1 aliphatic rings. The second-order valence-electron chi connectivity index (χ2n) is 10.1. The highest BCUT2D eigenvalue weighted by Crippen LogP contribution is 2.37. The van der Waals surface area contributed by atoms with E-state index in [2.05, 4.69) is 10.6 Å². The van der Waals surface area contributed by atoms with Crippen molar-refractivity contribution < 1.29 is 19.1 Å². The van der Waals surface area contributed by atoms with Gasteiger partial charge in [0.2, 0.25) is 5.91 Å². The molecular weight excluding hydrogens is 466 g/mol. The summed E-state index contributed by atoms with van der Waals surface area (Å²) in [7, 11) is 0. The SMILES string of the molecule is Cc1cc(C)cc(C(C(=O)Nc2c(C)cccc2Cl)N(C(=O)CNC(=O)OC(C)(C)C)C2CC2)c1. The fourth-order valence-corrected chi connectivity index (χ4v) is 4.32. The van der Waals surface area contributed by atoms with Crippen LogP contribution in [0.4, 0.5) is 10.5 Å². The molecule has 188 valence electrons. The Morgan fingerprint density at radius 3 is 2.26 bits per heavy atom. The van der Waals surface area contributed by atoms with E-state index in [9.17, 15) is 14.4 Å². The van der Waals surface area contributed by atoms with Crippen LogP contribution in [0.25, 0.3) is 0 Å². The number of carbonyl (C=O) groups excluding carboxylic acids is 3. The number of ether oxygens (including phenoxy) is 1. The van der Waals surface area contributed by atoms with Gasteiger partial charge in [-0.3, -0.25) is 9.59 Å². The number of anilines is 1. The zero-order chi connectivity index (χ0) is 25.9. The van der Waals surface area contributed by atoms with Crippen LogP contribution in [0.2, 0.25) is 5.02 Å². The molecule has 1 atom stereocenters. The van der Waals surface area contributed by atoms with Gasteiger partial charge >= 0.3 is 6.09 Å². The molecule has 0 saturated heterocycles. The van der Waals surface area contributed by atoms with E-state index in [1.165, 1.54) is 0 Å². The third kappa shape index (κ3) is 7.21. The fourth-order valence-electron chi connectivity index (χ4n) is 4.05. The lowest BCUT2D eigenvalue weighted by Crippen LogP contribution is -2.47. The number of para-hydroxylation sites is 1. The van der Waals surface area contributed by atoms with Crippen molar-refractivity contribution in [2.24, 2.45) is 0 Å². The van der Waals surface area contributed by atoms with Gasteiger partial charge in [0.25, 0.3) is 5.91 Å². The first kappa shape index (κ1) is 26.5. The number of nitrogens with zero attached hydrogens (tertiary/aromatic N) is 1. The predicted octanol–water partition coefficient (Wildman–Crippen LogP) is 5.46. The van der Waals surface area contributed by atoms with Crippen molar-refractivity contribution in [1.29, 1.82) is 0 Å². The summed E-state index contributed by atoms with van der Waals surface area (Å²) in [6.07, 6.45) is 0.899. The Hall–Kier alpha value is -3.06. The van der Waals surface area contributed by atoms with Gasteiger partial charge in [0.1, 0.15) is 18.2 Å². The molecule has 2 aromatic carbocycles. The number of rotatable bonds is 7. The zero-order valence-electron chi connectivity index (χ0n) is 21.2. The van der Waals surface area contributed by atoms with Gasteiger partial charge in [0.15, 0.2) is 0 Å². The minimum absolute atomic E-state index is 0.0909. The maximum absolute atomic E-state index is 13.8. The number of hydrogen-bond donors (Lipinski definition) is 2. The third-order valence-corrected chi connectivity index (χ3v) is 5.88. The van der Waals surface area contributed by atoms with Gasteiger partial charge < -0.3 is 20.3 Å². The monoisotopic (exact) mass is 499 g/mol. The van der Waals surface area contributed by atoms with Gasteiger partial charge in [-0.15, -0.1) is 0 Å². The number of alkyl carbamates (subject to hydrolysis) is 1. The van der Waals surface area contributed by atoms with Crippen molar-refractivity contribution in [3.8, 4) is 0 Å². The summed E-state index contributed by atoms with van der Waals surface area (Å²) in [5.41, 5.74) is 3.34. The Morgan fingerprint density at radius 2 is 1.71 bits per heavy atom. The first-order valence-corrected chi connectivity index (χ1v) is 12.2. The van der Waals surface area contributed by atoms with E-state index in [4.69, 9.17) is 16.3 Å². The van der Waals surface area contributed by atoms with E-state index in [1.807, 2.05) is 51.1 Å². The molecule has 35 heavy (non-hydrogen) atoms. The normalized spacial score (nSPS) is 14.1. The smallest absolute Gasteiger partial charge is 0.408 e. The first-order valence-electron chi connectivity index (χ1n) is 11.8. The van der Waals surface area contributed by atoms with Crippen LogP contribution in [0.15, 0.2) is 36.4 Å². The Kier molecular flexibility index (Phi) is 8.11. The van der Waals surface area contributed by atoms with Crippen molar-refractivity contribution in [3.63, 3.8) is 0 Å². The minimum atomic E-state index is -0.885. The van der Waals surface area contributed by atoms with Crippen LogP contribution in [-0.4, -0.2) is 41.0 Å². The number of benzene rings is 2. The largest absolute Gasteiger partial charge is 0.444 e. The van der Waals surface area contributed by atoms with Gasteiger partial charge in [-0.1, -0.05) is 53.1 Å². The van der Waals surface area contributed by atoms with Gasteiger partial charge in [-0.2, -0.15) is 0 Å². The molecule has 2 aromatic rings. The van der Waals surface area contributed by atoms with Gasteiger partial charge in [-0.25, -0.2) is 4.79 Å². The van der Waals surface area contributed by atoms with E-state index in [0.29, 0.717) is 16.3 Å². The van der Waals surface area contributed by atoms with Crippen LogP contribution in [0.5, 0.6) is 0 Å². The third-order valence-electron chi connectivity index (χ3n) is 5.57. The molecule has 0 aliphatic heterocycles. The summed E-state index contributed by atoms with van der Waals surface area (Å²) in [6, 6.07) is 10.3. The molecule has 1 fully saturated rings. The first-order chi connectivity index (χ1) is 16.4. The molecule has 1 unspecified atom stereocenters. The topological polar surface area (TPSA) is 87.7 Å².